The van der Waals surface area contributed by atoms with E-state index >= 15 is 0 Å². The Kier molecular flexibility index (Phi) is 4.62. The van der Waals surface area contributed by atoms with Gasteiger partial charge in [-0.05, 0) is 18.2 Å². The minimum atomic E-state index is -0.331. The molecule has 132 valence electrons. The Labute approximate surface area is 156 Å². The number of carbonyl (C=O) groups excluding carboxylic acids is 1. The Balaban J connectivity index is 1.71. The third-order valence-electron chi connectivity index (χ3n) is 4.43. The van der Waals surface area contributed by atoms with E-state index < -0.39 is 0 Å². The van der Waals surface area contributed by atoms with Crippen molar-refractivity contribution in [1.29, 1.82) is 0 Å². The quantitative estimate of drug-likeness (QED) is 0.561. The minimum Gasteiger partial charge on any atom is -0.348 e. The highest BCUT2D eigenvalue weighted by Crippen LogP contribution is 2.24. The Morgan fingerprint density at radius 3 is 2.41 bits per heavy atom. The van der Waals surface area contributed by atoms with Crippen molar-refractivity contribution >= 4 is 16.8 Å². The summed E-state index contributed by atoms with van der Waals surface area (Å²) in [7, 11) is 0. The van der Waals surface area contributed by atoms with Gasteiger partial charge in [-0.1, -0.05) is 66.7 Å². The lowest BCUT2D eigenvalue weighted by Crippen LogP contribution is -2.23. The van der Waals surface area contributed by atoms with Crippen LogP contribution in [0.15, 0.2) is 84.9 Å². The van der Waals surface area contributed by atoms with Crippen molar-refractivity contribution in [3.63, 3.8) is 0 Å². The molecule has 0 aliphatic heterocycles. The zero-order valence-electron chi connectivity index (χ0n) is 14.5. The van der Waals surface area contributed by atoms with Crippen molar-refractivity contribution < 1.29 is 9.18 Å². The van der Waals surface area contributed by atoms with Crippen molar-refractivity contribution in [1.82, 2.24) is 10.3 Å². The largest absolute Gasteiger partial charge is 0.348 e. The number of aromatic nitrogens is 1. The zero-order valence-corrected chi connectivity index (χ0v) is 14.5. The van der Waals surface area contributed by atoms with Crippen LogP contribution in [0.4, 0.5) is 4.39 Å². The third kappa shape index (κ3) is 3.55. The number of pyridine rings is 1. The molecule has 0 fully saturated rings. The van der Waals surface area contributed by atoms with Gasteiger partial charge in [0.15, 0.2) is 0 Å². The van der Waals surface area contributed by atoms with Crippen LogP contribution in [0.3, 0.4) is 0 Å². The molecule has 0 aliphatic carbocycles. The number of fused-ring (bicyclic) bond motifs is 1. The first-order valence-corrected chi connectivity index (χ1v) is 8.69. The molecule has 0 unspecified atom stereocenters. The van der Waals surface area contributed by atoms with Crippen molar-refractivity contribution in [2.75, 3.05) is 0 Å². The topological polar surface area (TPSA) is 42.0 Å². The number of halogens is 1. The van der Waals surface area contributed by atoms with E-state index in [1.807, 2.05) is 54.6 Å². The molecule has 3 nitrogen and oxygen atoms in total. The van der Waals surface area contributed by atoms with E-state index in [2.05, 4.69) is 10.3 Å². The average molecular weight is 356 g/mol. The highest BCUT2D eigenvalue weighted by molar-refractivity contribution is 6.07. The molecule has 4 aromatic rings. The predicted octanol–water partition coefficient (Wildman–Crippen LogP) is 4.97. The summed E-state index contributed by atoms with van der Waals surface area (Å²) in [6, 6.07) is 25.5. The first-order chi connectivity index (χ1) is 13.2. The van der Waals surface area contributed by atoms with Crippen LogP contribution in [0.1, 0.15) is 15.9 Å². The molecule has 1 heterocycles. The lowest BCUT2D eigenvalue weighted by molar-refractivity contribution is 0.0952. The van der Waals surface area contributed by atoms with Crippen molar-refractivity contribution in [2.24, 2.45) is 0 Å². The summed E-state index contributed by atoms with van der Waals surface area (Å²) in [6.07, 6.45) is 0. The Hall–Kier alpha value is -3.53. The van der Waals surface area contributed by atoms with E-state index in [-0.39, 0.29) is 18.3 Å². The zero-order chi connectivity index (χ0) is 18.6. The van der Waals surface area contributed by atoms with Gasteiger partial charge in [0, 0.05) is 23.1 Å². The SMILES string of the molecule is O=C(NCc1ccccc1F)c1cc(-c2ccccc2)nc2ccccc12. The van der Waals surface area contributed by atoms with Gasteiger partial charge >= 0.3 is 0 Å². The second-order valence-electron chi connectivity index (χ2n) is 6.21. The average Bonchev–Trinajstić information content (AvgIpc) is 2.73. The smallest absolute Gasteiger partial charge is 0.252 e. The van der Waals surface area contributed by atoms with Crippen molar-refractivity contribution in [2.45, 2.75) is 6.54 Å². The Morgan fingerprint density at radius 2 is 1.59 bits per heavy atom. The highest BCUT2D eigenvalue weighted by atomic mass is 19.1. The molecule has 4 rings (SSSR count). The normalized spacial score (nSPS) is 10.7. The van der Waals surface area contributed by atoms with Crippen LogP contribution in [0.2, 0.25) is 0 Å². The molecular weight excluding hydrogens is 339 g/mol. The van der Waals surface area contributed by atoms with Gasteiger partial charge in [0.05, 0.1) is 16.8 Å². The van der Waals surface area contributed by atoms with Crippen LogP contribution in [-0.2, 0) is 6.54 Å². The minimum absolute atomic E-state index is 0.128. The van der Waals surface area contributed by atoms with Gasteiger partial charge < -0.3 is 5.32 Å². The monoisotopic (exact) mass is 356 g/mol. The summed E-state index contributed by atoms with van der Waals surface area (Å²) >= 11 is 0. The molecule has 3 aromatic carbocycles. The molecule has 0 atom stereocenters. The third-order valence-corrected chi connectivity index (χ3v) is 4.43. The number of hydrogen-bond donors (Lipinski definition) is 1. The molecule has 0 spiro atoms. The molecule has 1 N–H and O–H groups in total. The maximum Gasteiger partial charge on any atom is 0.252 e. The standard InChI is InChI=1S/C23H17FN2O/c24-20-12-6-4-10-17(20)15-25-23(27)19-14-22(16-8-2-1-3-9-16)26-21-13-7-5-11-18(19)21/h1-14H,15H2,(H,25,27). The van der Waals surface area contributed by atoms with Crippen LogP contribution >= 0.6 is 0 Å². The van der Waals surface area contributed by atoms with Gasteiger partial charge in [-0.25, -0.2) is 9.37 Å². The molecule has 1 aromatic heterocycles. The fraction of sp³-hybridized carbons (Fsp3) is 0.0435. The van der Waals surface area contributed by atoms with Crippen LogP contribution in [0.25, 0.3) is 22.2 Å². The summed E-state index contributed by atoms with van der Waals surface area (Å²) in [5, 5.41) is 3.59. The maximum absolute atomic E-state index is 13.8. The molecule has 0 bridgehead atoms. The van der Waals surface area contributed by atoms with Gasteiger partial charge in [-0.2, -0.15) is 0 Å². The summed E-state index contributed by atoms with van der Waals surface area (Å²) < 4.78 is 13.8. The van der Waals surface area contributed by atoms with Crippen LogP contribution in [0.5, 0.6) is 0 Å². The Bertz CT molecular complexity index is 1110. The number of nitrogens with zero attached hydrogens (tertiary/aromatic N) is 1. The van der Waals surface area contributed by atoms with Crippen LogP contribution in [-0.4, -0.2) is 10.9 Å². The molecule has 27 heavy (non-hydrogen) atoms. The number of rotatable bonds is 4. The molecule has 0 saturated heterocycles. The van der Waals surface area contributed by atoms with E-state index in [0.29, 0.717) is 11.1 Å². The van der Waals surface area contributed by atoms with Gasteiger partial charge in [0.1, 0.15) is 5.82 Å². The lowest BCUT2D eigenvalue weighted by atomic mass is 10.0. The summed E-state index contributed by atoms with van der Waals surface area (Å²) in [6.45, 7) is 0.128. The summed E-state index contributed by atoms with van der Waals surface area (Å²) in [5.74, 6) is -0.587. The molecule has 0 saturated carbocycles. The molecule has 0 aliphatic rings. The van der Waals surface area contributed by atoms with Gasteiger partial charge in [0.25, 0.3) is 5.91 Å². The summed E-state index contributed by atoms with van der Waals surface area (Å²) in [4.78, 5) is 17.5. The van der Waals surface area contributed by atoms with Crippen LogP contribution in [0, 0.1) is 5.82 Å². The molecular formula is C23H17FN2O. The number of nitrogens with one attached hydrogen (secondary N) is 1. The number of para-hydroxylation sites is 1. The van der Waals surface area contributed by atoms with E-state index in [0.717, 1.165) is 22.2 Å². The van der Waals surface area contributed by atoms with E-state index in [4.69, 9.17) is 0 Å². The number of carbonyl (C=O) groups is 1. The molecule has 4 heteroatoms. The second-order valence-corrected chi connectivity index (χ2v) is 6.21. The lowest BCUT2D eigenvalue weighted by Gasteiger charge is -2.11. The molecule has 0 radical (unpaired) electrons. The van der Waals surface area contributed by atoms with Gasteiger partial charge in [0.2, 0.25) is 0 Å². The van der Waals surface area contributed by atoms with E-state index in [1.165, 1.54) is 6.07 Å². The molecule has 1 amide bonds. The number of benzene rings is 3. The second kappa shape index (κ2) is 7.38. The number of amides is 1. The van der Waals surface area contributed by atoms with E-state index in [9.17, 15) is 9.18 Å². The van der Waals surface area contributed by atoms with Crippen molar-refractivity contribution in [3.8, 4) is 11.3 Å². The van der Waals surface area contributed by atoms with E-state index in [1.54, 1.807) is 24.3 Å². The fourth-order valence-electron chi connectivity index (χ4n) is 3.03. The van der Waals surface area contributed by atoms with Crippen LogP contribution < -0.4 is 5.32 Å². The fourth-order valence-corrected chi connectivity index (χ4v) is 3.03. The first kappa shape index (κ1) is 16.9. The highest BCUT2D eigenvalue weighted by Gasteiger charge is 2.14. The van der Waals surface area contributed by atoms with Crippen molar-refractivity contribution in [3.05, 3.63) is 102 Å². The van der Waals surface area contributed by atoms with Gasteiger partial charge in [-0.3, -0.25) is 4.79 Å². The maximum atomic E-state index is 13.8. The predicted molar refractivity (Wildman–Crippen MR) is 105 cm³/mol. The van der Waals surface area contributed by atoms with Gasteiger partial charge in [-0.15, -0.1) is 0 Å². The first-order valence-electron chi connectivity index (χ1n) is 8.69. The number of hydrogen-bond acceptors (Lipinski definition) is 2. The summed E-state index contributed by atoms with van der Waals surface area (Å²) in [5.41, 5.74) is 3.38. The Morgan fingerprint density at radius 1 is 0.889 bits per heavy atom.